The van der Waals surface area contributed by atoms with Gasteiger partial charge in [0, 0.05) is 22.3 Å². The molecule has 3 aliphatic carbocycles. The van der Waals surface area contributed by atoms with Gasteiger partial charge in [0.15, 0.2) is 0 Å². The van der Waals surface area contributed by atoms with E-state index in [1.54, 1.807) is 24.3 Å². The van der Waals surface area contributed by atoms with Gasteiger partial charge in [-0.05, 0) is 56.4 Å². The van der Waals surface area contributed by atoms with E-state index >= 15 is 0 Å². The summed E-state index contributed by atoms with van der Waals surface area (Å²) < 4.78 is 0. The number of amides is 1. The normalized spacial score (nSPS) is 30.6. The molecule has 0 heterocycles. The lowest BCUT2D eigenvalue weighted by Gasteiger charge is -2.59. The number of hydrogen-bond donors (Lipinski definition) is 3. The summed E-state index contributed by atoms with van der Waals surface area (Å²) >= 11 is 0. The van der Waals surface area contributed by atoms with Gasteiger partial charge in [0.25, 0.3) is 5.91 Å². The molecule has 3 aliphatic rings. The number of nitrogens with two attached hydrogens (primary N) is 2. The van der Waals surface area contributed by atoms with Crippen LogP contribution >= 0.6 is 0 Å². The van der Waals surface area contributed by atoms with Gasteiger partial charge < -0.3 is 16.8 Å². The summed E-state index contributed by atoms with van der Waals surface area (Å²) in [5, 5.41) is 3.16. The summed E-state index contributed by atoms with van der Waals surface area (Å²) in [5.41, 5.74) is 13.1. The molecular weight excluding hydrogens is 250 g/mol. The van der Waals surface area contributed by atoms with Crippen LogP contribution < -0.4 is 16.8 Å². The number of hydrogen-bond acceptors (Lipinski definition) is 3. The van der Waals surface area contributed by atoms with Crippen molar-refractivity contribution in [2.45, 2.75) is 57.0 Å². The quantitative estimate of drug-likeness (QED) is 0.725. The van der Waals surface area contributed by atoms with Crippen LogP contribution in [0.15, 0.2) is 24.3 Å². The molecule has 3 saturated carbocycles. The van der Waals surface area contributed by atoms with Gasteiger partial charge in [0.05, 0.1) is 0 Å². The molecule has 4 heteroatoms. The number of benzene rings is 1. The molecule has 110 valence electrons. The van der Waals surface area contributed by atoms with Gasteiger partial charge in [-0.2, -0.15) is 0 Å². The van der Waals surface area contributed by atoms with Crippen molar-refractivity contribution in [3.8, 4) is 0 Å². The van der Waals surface area contributed by atoms with Crippen molar-refractivity contribution < 1.29 is 4.79 Å². The predicted molar refractivity (Wildman–Crippen MR) is 82.4 cm³/mol. The number of rotatable bonds is 2. The van der Waals surface area contributed by atoms with E-state index in [1.165, 1.54) is 0 Å². The van der Waals surface area contributed by atoms with Crippen LogP contribution in [-0.4, -0.2) is 17.0 Å². The largest absolute Gasteiger partial charge is 0.399 e. The highest BCUT2D eigenvalue weighted by Crippen LogP contribution is 2.50. The maximum Gasteiger partial charge on any atom is 0.251 e. The van der Waals surface area contributed by atoms with Crippen LogP contribution in [0.2, 0.25) is 0 Å². The molecule has 3 fully saturated rings. The molecule has 20 heavy (non-hydrogen) atoms. The van der Waals surface area contributed by atoms with Crippen LogP contribution in [0.25, 0.3) is 0 Å². The molecule has 0 radical (unpaired) electrons. The Morgan fingerprint density at radius 3 is 2.30 bits per heavy atom. The average molecular weight is 275 g/mol. The summed E-state index contributed by atoms with van der Waals surface area (Å²) in [6.45, 7) is 4.00. The highest BCUT2D eigenvalue weighted by atomic mass is 16.1. The zero-order valence-electron chi connectivity index (χ0n) is 12.4. The molecule has 2 bridgehead atoms. The smallest absolute Gasteiger partial charge is 0.251 e. The lowest BCUT2D eigenvalue weighted by atomic mass is 9.55. The molecule has 1 aromatic carbocycles. The first-order valence-corrected chi connectivity index (χ1v) is 7.47. The lowest BCUT2D eigenvalue weighted by Crippen LogP contribution is -2.71. The zero-order valence-corrected chi connectivity index (χ0v) is 12.4. The number of carbonyl (C=O) groups excluding carboxylic acids is 1. The zero-order chi connectivity index (χ0) is 14.8. The number of nitrogen functional groups attached to an aromatic ring is 1. The standard InChI is InChI=1S/C14H19N3O.C2H6/c15-11-4-2-10(3-5-11)12(18)17-14-7-1-6-13(16,8-14)9-14;1-2/h2-5H,1,6-9,15-16H2,(H,17,18);1-2H3. The van der Waals surface area contributed by atoms with Crippen LogP contribution in [-0.2, 0) is 0 Å². The molecule has 0 saturated heterocycles. The molecule has 1 aromatic rings. The third-order valence-corrected chi connectivity index (χ3v) is 4.26. The Labute approximate surface area is 120 Å². The van der Waals surface area contributed by atoms with Crippen molar-refractivity contribution in [3.05, 3.63) is 29.8 Å². The SMILES string of the molecule is CC.Nc1ccc(C(=O)NC23CCCC(N)(C2)C3)cc1. The number of carbonyl (C=O) groups is 1. The van der Waals surface area contributed by atoms with Crippen molar-refractivity contribution in [2.24, 2.45) is 5.73 Å². The van der Waals surface area contributed by atoms with Crippen molar-refractivity contribution in [1.29, 1.82) is 0 Å². The van der Waals surface area contributed by atoms with Crippen LogP contribution in [0.4, 0.5) is 5.69 Å². The fourth-order valence-electron chi connectivity index (χ4n) is 3.53. The Bertz CT molecular complexity index is 475. The Morgan fingerprint density at radius 2 is 1.75 bits per heavy atom. The van der Waals surface area contributed by atoms with Crippen LogP contribution in [0.1, 0.15) is 56.3 Å². The molecule has 4 nitrogen and oxygen atoms in total. The molecule has 0 atom stereocenters. The van der Waals surface area contributed by atoms with Gasteiger partial charge in [-0.15, -0.1) is 0 Å². The second-order valence-corrected chi connectivity index (χ2v) is 5.93. The average Bonchev–Trinajstić information content (AvgIpc) is 2.40. The van der Waals surface area contributed by atoms with E-state index < -0.39 is 0 Å². The minimum atomic E-state index is -0.0501. The topological polar surface area (TPSA) is 81.1 Å². The van der Waals surface area contributed by atoms with Crippen LogP contribution in [0.3, 0.4) is 0 Å². The van der Waals surface area contributed by atoms with Crippen molar-refractivity contribution in [2.75, 3.05) is 5.73 Å². The number of fused-ring (bicyclic) bond motifs is 2. The summed E-state index contributed by atoms with van der Waals surface area (Å²) in [5.74, 6) is -0.0149. The maximum atomic E-state index is 12.2. The first kappa shape index (κ1) is 14.9. The van der Waals surface area contributed by atoms with E-state index in [2.05, 4.69) is 5.32 Å². The van der Waals surface area contributed by atoms with Crippen molar-refractivity contribution in [1.82, 2.24) is 5.32 Å². The van der Waals surface area contributed by atoms with E-state index in [1.807, 2.05) is 13.8 Å². The Morgan fingerprint density at radius 1 is 1.15 bits per heavy atom. The third-order valence-electron chi connectivity index (χ3n) is 4.26. The van der Waals surface area contributed by atoms with Crippen molar-refractivity contribution >= 4 is 11.6 Å². The van der Waals surface area contributed by atoms with Gasteiger partial charge in [-0.25, -0.2) is 0 Å². The highest BCUT2D eigenvalue weighted by Gasteiger charge is 2.55. The summed E-state index contributed by atoms with van der Waals surface area (Å²) in [4.78, 5) is 12.2. The van der Waals surface area contributed by atoms with E-state index in [9.17, 15) is 4.79 Å². The molecule has 0 unspecified atom stereocenters. The molecule has 0 aliphatic heterocycles. The fraction of sp³-hybridized carbons (Fsp3) is 0.562. The fourth-order valence-corrected chi connectivity index (χ4v) is 3.53. The summed E-state index contributed by atoms with van der Waals surface area (Å²) in [6, 6.07) is 7.03. The Balaban J connectivity index is 0.000000704. The predicted octanol–water partition coefficient (Wildman–Crippen LogP) is 2.44. The molecule has 5 N–H and O–H groups in total. The highest BCUT2D eigenvalue weighted by molar-refractivity contribution is 5.95. The van der Waals surface area contributed by atoms with E-state index in [0.717, 1.165) is 32.1 Å². The van der Waals surface area contributed by atoms with Gasteiger partial charge >= 0.3 is 0 Å². The number of anilines is 1. The molecule has 0 spiro atoms. The Hall–Kier alpha value is -1.55. The van der Waals surface area contributed by atoms with E-state index in [4.69, 9.17) is 11.5 Å². The third kappa shape index (κ3) is 2.80. The minimum absolute atomic E-state index is 0.0149. The van der Waals surface area contributed by atoms with Gasteiger partial charge in [-0.3, -0.25) is 4.79 Å². The lowest BCUT2D eigenvalue weighted by molar-refractivity contribution is 0.0161. The molecule has 4 rings (SSSR count). The number of nitrogens with one attached hydrogen (secondary N) is 1. The molecular formula is C16H25N3O. The summed E-state index contributed by atoms with van der Waals surface area (Å²) in [7, 11) is 0. The van der Waals surface area contributed by atoms with Crippen LogP contribution in [0.5, 0.6) is 0 Å². The first-order valence-electron chi connectivity index (χ1n) is 7.47. The summed E-state index contributed by atoms with van der Waals surface area (Å²) in [6.07, 6.45) is 5.08. The van der Waals surface area contributed by atoms with Crippen LogP contribution in [0, 0.1) is 0 Å². The minimum Gasteiger partial charge on any atom is -0.399 e. The molecule has 0 aromatic heterocycles. The monoisotopic (exact) mass is 275 g/mol. The van der Waals surface area contributed by atoms with Gasteiger partial charge in [0.2, 0.25) is 0 Å². The van der Waals surface area contributed by atoms with Crippen molar-refractivity contribution in [3.63, 3.8) is 0 Å². The van der Waals surface area contributed by atoms with Gasteiger partial charge in [-0.1, -0.05) is 13.8 Å². The maximum absolute atomic E-state index is 12.2. The van der Waals surface area contributed by atoms with E-state index in [-0.39, 0.29) is 17.0 Å². The second-order valence-electron chi connectivity index (χ2n) is 5.93. The first-order chi connectivity index (χ1) is 9.50. The second kappa shape index (κ2) is 5.44. The van der Waals surface area contributed by atoms with E-state index in [0.29, 0.717) is 11.3 Å². The van der Waals surface area contributed by atoms with Gasteiger partial charge in [0.1, 0.15) is 0 Å². The Kier molecular flexibility index (Phi) is 4.04. The molecule has 1 amide bonds.